The fraction of sp³-hybridized carbons (Fsp3) is 0.412. The van der Waals surface area contributed by atoms with Crippen LogP contribution in [-0.2, 0) is 12.8 Å². The molecule has 23 heavy (non-hydrogen) atoms. The summed E-state index contributed by atoms with van der Waals surface area (Å²) in [7, 11) is 1.64. The van der Waals surface area contributed by atoms with Crippen molar-refractivity contribution in [2.75, 3.05) is 25.2 Å². The number of nitrogens with zero attached hydrogens (tertiary/aromatic N) is 1. The van der Waals surface area contributed by atoms with Gasteiger partial charge in [0.1, 0.15) is 5.75 Å². The minimum Gasteiger partial charge on any atom is -0.497 e. The lowest BCUT2D eigenvalue weighted by molar-refractivity contribution is 0.0946. The zero-order chi connectivity index (χ0) is 16.2. The van der Waals surface area contributed by atoms with Crippen LogP contribution in [0.2, 0.25) is 0 Å². The van der Waals surface area contributed by atoms with Crippen molar-refractivity contribution >= 4 is 17.7 Å². The molecule has 0 unspecified atom stereocenters. The molecular weight excluding hydrogens is 312 g/mol. The molecule has 122 valence electrons. The SMILES string of the molecule is CCSCCNC(=O)c1noc2c1CCc1ccc(OC)cc1-2. The van der Waals surface area contributed by atoms with Crippen molar-refractivity contribution in [1.82, 2.24) is 10.5 Å². The predicted octanol–water partition coefficient (Wildman–Crippen LogP) is 2.93. The third-order valence-electron chi connectivity index (χ3n) is 3.95. The minimum absolute atomic E-state index is 0.155. The molecule has 1 aromatic carbocycles. The second-order valence-electron chi connectivity index (χ2n) is 5.31. The van der Waals surface area contributed by atoms with E-state index in [1.165, 1.54) is 5.56 Å². The van der Waals surface area contributed by atoms with E-state index in [4.69, 9.17) is 9.26 Å². The second kappa shape index (κ2) is 7.08. The molecule has 2 aromatic rings. The first-order chi connectivity index (χ1) is 11.2. The lowest BCUT2D eigenvalue weighted by Crippen LogP contribution is -2.27. The van der Waals surface area contributed by atoms with Crippen LogP contribution in [0, 0.1) is 0 Å². The van der Waals surface area contributed by atoms with Crippen LogP contribution in [0.3, 0.4) is 0 Å². The highest BCUT2D eigenvalue weighted by Crippen LogP contribution is 2.37. The number of hydrogen-bond donors (Lipinski definition) is 1. The van der Waals surface area contributed by atoms with E-state index in [-0.39, 0.29) is 5.91 Å². The van der Waals surface area contributed by atoms with Crippen LogP contribution in [0.25, 0.3) is 11.3 Å². The van der Waals surface area contributed by atoms with Crippen LogP contribution < -0.4 is 10.1 Å². The first kappa shape index (κ1) is 15.9. The van der Waals surface area contributed by atoms with Crippen molar-refractivity contribution in [2.45, 2.75) is 19.8 Å². The lowest BCUT2D eigenvalue weighted by Gasteiger charge is -2.15. The molecule has 3 rings (SSSR count). The number of rotatable bonds is 6. The number of aryl methyl sites for hydroxylation is 1. The molecule has 0 radical (unpaired) electrons. The van der Waals surface area contributed by atoms with Gasteiger partial charge in [0.2, 0.25) is 0 Å². The molecule has 0 spiro atoms. The largest absolute Gasteiger partial charge is 0.497 e. The van der Waals surface area contributed by atoms with E-state index in [2.05, 4.69) is 17.4 Å². The Hall–Kier alpha value is -1.95. The minimum atomic E-state index is -0.155. The van der Waals surface area contributed by atoms with Gasteiger partial charge in [-0.2, -0.15) is 11.8 Å². The highest BCUT2D eigenvalue weighted by molar-refractivity contribution is 7.99. The van der Waals surface area contributed by atoms with Gasteiger partial charge in [-0.3, -0.25) is 4.79 Å². The van der Waals surface area contributed by atoms with Crippen LogP contribution in [0.15, 0.2) is 22.7 Å². The number of nitrogens with one attached hydrogen (secondary N) is 1. The van der Waals surface area contributed by atoms with Gasteiger partial charge in [-0.15, -0.1) is 0 Å². The fourth-order valence-electron chi connectivity index (χ4n) is 2.77. The van der Waals surface area contributed by atoms with E-state index >= 15 is 0 Å². The Bertz CT molecular complexity index is 712. The maximum atomic E-state index is 12.3. The van der Waals surface area contributed by atoms with Crippen LogP contribution in [0.4, 0.5) is 0 Å². The van der Waals surface area contributed by atoms with Crippen molar-refractivity contribution in [3.63, 3.8) is 0 Å². The molecule has 5 nitrogen and oxygen atoms in total. The highest BCUT2D eigenvalue weighted by Gasteiger charge is 2.27. The molecule has 0 aliphatic heterocycles. The number of amides is 1. The molecule has 1 aliphatic rings. The zero-order valence-electron chi connectivity index (χ0n) is 13.3. The van der Waals surface area contributed by atoms with E-state index < -0.39 is 0 Å². The molecule has 0 saturated heterocycles. The number of methoxy groups -OCH3 is 1. The molecule has 1 N–H and O–H groups in total. The Morgan fingerprint density at radius 3 is 3.09 bits per heavy atom. The van der Waals surface area contributed by atoms with Crippen LogP contribution in [0.1, 0.15) is 28.5 Å². The summed E-state index contributed by atoms with van der Waals surface area (Å²) >= 11 is 1.80. The van der Waals surface area contributed by atoms with Crippen LogP contribution in [-0.4, -0.2) is 36.2 Å². The number of fused-ring (bicyclic) bond motifs is 3. The molecular formula is C17H20N2O3S. The monoisotopic (exact) mass is 332 g/mol. The van der Waals surface area contributed by atoms with Gasteiger partial charge in [-0.1, -0.05) is 18.1 Å². The average molecular weight is 332 g/mol. The molecule has 0 saturated carbocycles. The second-order valence-corrected chi connectivity index (χ2v) is 6.71. The van der Waals surface area contributed by atoms with Gasteiger partial charge < -0.3 is 14.6 Å². The van der Waals surface area contributed by atoms with E-state index in [1.54, 1.807) is 18.9 Å². The standard InChI is InChI=1S/C17H20N2O3S/c1-3-23-9-8-18-17(20)15-13-7-5-11-4-6-12(21-2)10-14(11)16(13)22-19-15/h4,6,10H,3,5,7-9H2,1-2H3,(H,18,20). The fourth-order valence-corrected chi connectivity index (χ4v) is 3.30. The third-order valence-corrected chi connectivity index (χ3v) is 4.85. The smallest absolute Gasteiger partial charge is 0.273 e. The lowest BCUT2D eigenvalue weighted by atomic mass is 9.89. The highest BCUT2D eigenvalue weighted by atomic mass is 32.2. The number of aromatic nitrogens is 1. The molecule has 0 atom stereocenters. The maximum Gasteiger partial charge on any atom is 0.273 e. The van der Waals surface area contributed by atoms with E-state index in [9.17, 15) is 4.79 Å². The van der Waals surface area contributed by atoms with E-state index in [1.807, 2.05) is 18.2 Å². The van der Waals surface area contributed by atoms with Gasteiger partial charge in [0.25, 0.3) is 5.91 Å². The third kappa shape index (κ3) is 3.22. The molecule has 1 aliphatic carbocycles. The number of benzene rings is 1. The van der Waals surface area contributed by atoms with Gasteiger partial charge in [0.15, 0.2) is 11.5 Å². The summed E-state index contributed by atoms with van der Waals surface area (Å²) in [5, 5.41) is 6.93. The normalized spacial score (nSPS) is 12.4. The van der Waals surface area contributed by atoms with Gasteiger partial charge in [-0.25, -0.2) is 0 Å². The number of ether oxygens (including phenoxy) is 1. The quantitative estimate of drug-likeness (QED) is 0.824. The topological polar surface area (TPSA) is 64.4 Å². The first-order valence-corrected chi connectivity index (χ1v) is 8.91. The van der Waals surface area contributed by atoms with Gasteiger partial charge >= 0.3 is 0 Å². The molecule has 1 heterocycles. The van der Waals surface area contributed by atoms with Gasteiger partial charge in [0.05, 0.1) is 7.11 Å². The van der Waals surface area contributed by atoms with Crippen molar-refractivity contribution in [3.8, 4) is 17.1 Å². The van der Waals surface area contributed by atoms with Crippen molar-refractivity contribution < 1.29 is 14.1 Å². The predicted molar refractivity (Wildman–Crippen MR) is 91.2 cm³/mol. The summed E-state index contributed by atoms with van der Waals surface area (Å²) in [6.07, 6.45) is 1.64. The Morgan fingerprint density at radius 1 is 1.43 bits per heavy atom. The van der Waals surface area contributed by atoms with Crippen molar-refractivity contribution in [3.05, 3.63) is 35.0 Å². The number of hydrogen-bond acceptors (Lipinski definition) is 5. The van der Waals surface area contributed by atoms with Crippen LogP contribution in [0.5, 0.6) is 5.75 Å². The molecule has 6 heteroatoms. The molecule has 0 fully saturated rings. The van der Waals surface area contributed by atoms with Crippen molar-refractivity contribution in [1.29, 1.82) is 0 Å². The molecule has 1 aromatic heterocycles. The summed E-state index contributed by atoms with van der Waals surface area (Å²) in [5.41, 5.74) is 3.47. The molecule has 1 amide bonds. The summed E-state index contributed by atoms with van der Waals surface area (Å²) in [6.45, 7) is 2.75. The Labute approximate surface area is 139 Å². The summed E-state index contributed by atoms with van der Waals surface area (Å²) < 4.78 is 10.8. The van der Waals surface area contributed by atoms with E-state index in [0.29, 0.717) is 18.0 Å². The Kier molecular flexibility index (Phi) is 4.91. The summed E-state index contributed by atoms with van der Waals surface area (Å²) in [6, 6.07) is 5.93. The number of thioether (sulfide) groups is 1. The van der Waals surface area contributed by atoms with Crippen LogP contribution >= 0.6 is 11.8 Å². The van der Waals surface area contributed by atoms with E-state index in [0.717, 1.165) is 41.2 Å². The number of carbonyl (C=O) groups excluding carboxylic acids is 1. The Balaban J connectivity index is 1.82. The zero-order valence-corrected chi connectivity index (χ0v) is 14.2. The maximum absolute atomic E-state index is 12.3. The summed E-state index contributed by atoms with van der Waals surface area (Å²) in [5.74, 6) is 3.27. The first-order valence-electron chi connectivity index (χ1n) is 7.76. The van der Waals surface area contributed by atoms with Gasteiger partial charge in [0, 0.05) is 23.4 Å². The summed E-state index contributed by atoms with van der Waals surface area (Å²) in [4.78, 5) is 12.3. The van der Waals surface area contributed by atoms with Crippen molar-refractivity contribution in [2.24, 2.45) is 0 Å². The average Bonchev–Trinajstić information content (AvgIpc) is 3.02. The van der Waals surface area contributed by atoms with Gasteiger partial charge in [-0.05, 0) is 36.3 Å². The number of carbonyl (C=O) groups is 1. The Morgan fingerprint density at radius 2 is 2.30 bits per heavy atom. The molecule has 0 bridgehead atoms.